The molecule has 0 saturated carbocycles. The Morgan fingerprint density at radius 2 is 1.75 bits per heavy atom. The molecule has 2 aromatic rings. The van der Waals surface area contributed by atoms with Crippen LogP contribution in [-0.2, 0) is 11.2 Å². The Morgan fingerprint density at radius 1 is 1.08 bits per heavy atom. The highest BCUT2D eigenvalue weighted by Gasteiger charge is 2.16. The smallest absolute Gasteiger partial charge is 0.238 e. The fraction of sp³-hybridized carbons (Fsp3) is 0.350. The van der Waals surface area contributed by atoms with Crippen LogP contribution in [0.25, 0.3) is 0 Å². The van der Waals surface area contributed by atoms with E-state index < -0.39 is 0 Å². The second-order valence-electron chi connectivity index (χ2n) is 6.23. The normalized spacial score (nSPS) is 12.2. The van der Waals surface area contributed by atoms with Gasteiger partial charge in [0, 0.05) is 10.5 Å². The van der Waals surface area contributed by atoms with E-state index in [1.54, 1.807) is 0 Å². The minimum atomic E-state index is -0.0438. The van der Waals surface area contributed by atoms with Crippen LogP contribution in [-0.4, -0.2) is 12.5 Å². The van der Waals surface area contributed by atoms with E-state index in [0.717, 1.165) is 16.6 Å². The van der Waals surface area contributed by atoms with E-state index in [-0.39, 0.29) is 18.5 Å². The molecule has 0 heterocycles. The molecule has 0 spiro atoms. The molecule has 0 fully saturated rings. The van der Waals surface area contributed by atoms with E-state index in [2.05, 4.69) is 71.6 Å². The average molecular weight is 389 g/mol. The Kier molecular flexibility index (Phi) is 7.00. The lowest BCUT2D eigenvalue weighted by Crippen LogP contribution is -2.33. The van der Waals surface area contributed by atoms with Crippen molar-refractivity contribution < 1.29 is 4.79 Å². The first-order valence-corrected chi connectivity index (χ1v) is 9.17. The Balaban J connectivity index is 1.98. The molecule has 4 heteroatoms. The van der Waals surface area contributed by atoms with Crippen molar-refractivity contribution in [2.45, 2.75) is 33.2 Å². The average Bonchev–Trinajstić information content (AvgIpc) is 2.57. The Morgan fingerprint density at radius 3 is 2.33 bits per heavy atom. The van der Waals surface area contributed by atoms with Gasteiger partial charge in [0.05, 0.1) is 12.2 Å². The van der Waals surface area contributed by atoms with Crippen LogP contribution in [0.2, 0.25) is 0 Å². The number of carbonyl (C=O) groups excluding carboxylic acids is 1. The van der Waals surface area contributed by atoms with E-state index in [4.69, 9.17) is 0 Å². The van der Waals surface area contributed by atoms with Crippen molar-refractivity contribution in [3.05, 3.63) is 64.1 Å². The number of hydrogen-bond acceptors (Lipinski definition) is 2. The molecule has 0 aliphatic carbocycles. The number of halogens is 1. The molecule has 2 N–H and O–H groups in total. The highest BCUT2D eigenvalue weighted by atomic mass is 79.9. The molecule has 2 rings (SSSR count). The van der Waals surface area contributed by atoms with Crippen molar-refractivity contribution in [1.82, 2.24) is 5.32 Å². The summed E-state index contributed by atoms with van der Waals surface area (Å²) in [7, 11) is 0. The van der Waals surface area contributed by atoms with E-state index in [9.17, 15) is 4.79 Å². The number of carbonyl (C=O) groups is 1. The first-order chi connectivity index (χ1) is 11.5. The second kappa shape index (κ2) is 9.00. The zero-order valence-electron chi connectivity index (χ0n) is 14.5. The van der Waals surface area contributed by atoms with Crippen molar-refractivity contribution in [3.63, 3.8) is 0 Å². The Hall–Kier alpha value is -1.65. The van der Waals surface area contributed by atoms with Crippen molar-refractivity contribution in [1.29, 1.82) is 0 Å². The number of nitrogens with one attached hydrogen (secondary N) is 2. The van der Waals surface area contributed by atoms with Gasteiger partial charge in [0.2, 0.25) is 5.91 Å². The first kappa shape index (κ1) is 18.7. The maximum absolute atomic E-state index is 12.2. The molecule has 1 atom stereocenters. The summed E-state index contributed by atoms with van der Waals surface area (Å²) in [5.74, 6) is 0.353. The first-order valence-electron chi connectivity index (χ1n) is 8.37. The van der Waals surface area contributed by atoms with Gasteiger partial charge in [0.25, 0.3) is 0 Å². The molecule has 0 aliphatic rings. The highest BCUT2D eigenvalue weighted by Crippen LogP contribution is 2.23. The van der Waals surface area contributed by atoms with Crippen LogP contribution < -0.4 is 10.6 Å². The van der Waals surface area contributed by atoms with Gasteiger partial charge in [0.15, 0.2) is 0 Å². The van der Waals surface area contributed by atoms with Crippen LogP contribution >= 0.6 is 15.9 Å². The summed E-state index contributed by atoms with van der Waals surface area (Å²) in [5, 5.41) is 6.31. The fourth-order valence-electron chi connectivity index (χ4n) is 2.66. The summed E-state index contributed by atoms with van der Waals surface area (Å²) in [6.07, 6.45) is 1.04. The van der Waals surface area contributed by atoms with Gasteiger partial charge in [-0.25, -0.2) is 0 Å². The van der Waals surface area contributed by atoms with Gasteiger partial charge in [-0.3, -0.25) is 4.79 Å². The zero-order valence-corrected chi connectivity index (χ0v) is 16.1. The third kappa shape index (κ3) is 5.18. The fourth-order valence-corrected chi connectivity index (χ4v) is 3.04. The van der Waals surface area contributed by atoms with E-state index in [0.29, 0.717) is 5.92 Å². The predicted octanol–water partition coefficient (Wildman–Crippen LogP) is 4.94. The molecule has 2 aromatic carbocycles. The lowest BCUT2D eigenvalue weighted by Gasteiger charge is -2.23. The molecule has 0 aromatic heterocycles. The number of rotatable bonds is 7. The number of para-hydroxylation sites is 1. The van der Waals surface area contributed by atoms with Crippen molar-refractivity contribution in [2.75, 3.05) is 11.9 Å². The van der Waals surface area contributed by atoms with Crippen LogP contribution in [0.1, 0.15) is 37.9 Å². The Bertz CT molecular complexity index is 668. The largest absolute Gasteiger partial charge is 0.324 e. The molecule has 1 amide bonds. The lowest BCUT2D eigenvalue weighted by atomic mass is 9.95. The zero-order chi connectivity index (χ0) is 17.5. The minimum absolute atomic E-state index is 0.0438. The molecule has 0 radical (unpaired) electrons. The van der Waals surface area contributed by atoms with E-state index >= 15 is 0 Å². The van der Waals surface area contributed by atoms with Gasteiger partial charge in [-0.15, -0.1) is 0 Å². The standard InChI is InChI=1S/C20H25BrN2O/c1-4-15-9-11-16(12-10-15)20(14(2)3)22-13-19(24)23-18-8-6-5-7-17(18)21/h5-12,14,20,22H,4,13H2,1-3H3,(H,23,24)/t20-/m0/s1. The number of benzene rings is 2. The van der Waals surface area contributed by atoms with Gasteiger partial charge in [0.1, 0.15) is 0 Å². The molecule has 0 bridgehead atoms. The predicted molar refractivity (Wildman–Crippen MR) is 104 cm³/mol. The molecule has 0 aliphatic heterocycles. The monoisotopic (exact) mass is 388 g/mol. The molecule has 3 nitrogen and oxygen atoms in total. The summed E-state index contributed by atoms with van der Waals surface area (Å²) in [5.41, 5.74) is 3.33. The van der Waals surface area contributed by atoms with Crippen LogP contribution in [0, 0.1) is 5.92 Å². The summed E-state index contributed by atoms with van der Waals surface area (Å²) >= 11 is 3.44. The number of amides is 1. The summed E-state index contributed by atoms with van der Waals surface area (Å²) in [6.45, 7) is 6.76. The van der Waals surface area contributed by atoms with Crippen LogP contribution in [0.4, 0.5) is 5.69 Å². The summed E-state index contributed by atoms with van der Waals surface area (Å²) in [4.78, 5) is 12.2. The van der Waals surface area contributed by atoms with Crippen molar-refractivity contribution >= 4 is 27.5 Å². The molecular formula is C20H25BrN2O. The number of aryl methyl sites for hydroxylation is 1. The van der Waals surface area contributed by atoms with Gasteiger partial charge in [-0.1, -0.05) is 57.2 Å². The van der Waals surface area contributed by atoms with Gasteiger partial charge >= 0.3 is 0 Å². The highest BCUT2D eigenvalue weighted by molar-refractivity contribution is 9.10. The summed E-state index contributed by atoms with van der Waals surface area (Å²) in [6, 6.07) is 16.4. The van der Waals surface area contributed by atoms with Crippen LogP contribution in [0.15, 0.2) is 53.0 Å². The molecule has 24 heavy (non-hydrogen) atoms. The second-order valence-corrected chi connectivity index (χ2v) is 7.08. The summed E-state index contributed by atoms with van der Waals surface area (Å²) < 4.78 is 0.883. The lowest BCUT2D eigenvalue weighted by molar-refractivity contribution is -0.115. The quantitative estimate of drug-likeness (QED) is 0.705. The minimum Gasteiger partial charge on any atom is -0.324 e. The molecular weight excluding hydrogens is 364 g/mol. The number of hydrogen-bond donors (Lipinski definition) is 2. The van der Waals surface area contributed by atoms with E-state index in [1.165, 1.54) is 11.1 Å². The SMILES string of the molecule is CCc1ccc([C@@H](NCC(=O)Nc2ccccc2Br)C(C)C)cc1. The van der Waals surface area contributed by atoms with Crippen LogP contribution in [0.3, 0.4) is 0 Å². The van der Waals surface area contributed by atoms with Crippen molar-refractivity contribution in [2.24, 2.45) is 5.92 Å². The maximum atomic E-state index is 12.2. The third-order valence-corrected chi connectivity index (χ3v) is 4.74. The third-order valence-electron chi connectivity index (χ3n) is 4.04. The topological polar surface area (TPSA) is 41.1 Å². The van der Waals surface area contributed by atoms with Gasteiger partial charge in [-0.05, 0) is 51.5 Å². The van der Waals surface area contributed by atoms with E-state index in [1.807, 2.05) is 24.3 Å². The maximum Gasteiger partial charge on any atom is 0.238 e. The molecule has 0 unspecified atom stereocenters. The number of anilines is 1. The van der Waals surface area contributed by atoms with Gasteiger partial charge in [-0.2, -0.15) is 0 Å². The Labute approximate surface area is 153 Å². The molecule has 0 saturated heterocycles. The molecule has 128 valence electrons. The van der Waals surface area contributed by atoms with Crippen LogP contribution in [0.5, 0.6) is 0 Å². The van der Waals surface area contributed by atoms with Crippen molar-refractivity contribution in [3.8, 4) is 0 Å². The van der Waals surface area contributed by atoms with Gasteiger partial charge < -0.3 is 10.6 Å².